The van der Waals surface area contributed by atoms with Gasteiger partial charge >= 0.3 is 35.9 Å². The number of carboxylic acid groups (broad SMARTS) is 2. The first-order valence-corrected chi connectivity index (χ1v) is 23.5. The van der Waals surface area contributed by atoms with E-state index in [-0.39, 0.29) is 38.3 Å². The number of hydrogen-bond donors (Lipinski definition) is 5. The van der Waals surface area contributed by atoms with Crippen LogP contribution in [0.4, 0.5) is 4.79 Å². The summed E-state index contributed by atoms with van der Waals surface area (Å²) in [7, 11) is 0. The lowest BCUT2D eigenvalue weighted by Crippen LogP contribution is -2.53. The van der Waals surface area contributed by atoms with Crippen LogP contribution in [0.3, 0.4) is 0 Å². The van der Waals surface area contributed by atoms with Crippen molar-refractivity contribution in [3.63, 3.8) is 0 Å². The maximum atomic E-state index is 13.2. The number of unbranched alkanes of at least 4 members (excludes halogenated alkanes) is 8. The van der Waals surface area contributed by atoms with Crippen molar-refractivity contribution in [2.45, 2.75) is 207 Å². The normalized spacial score (nSPS) is 12.8. The smallest absolute Gasteiger partial charge is 0.329 e. The summed E-state index contributed by atoms with van der Waals surface area (Å²) >= 11 is 0. The summed E-state index contributed by atoms with van der Waals surface area (Å²) in [4.78, 5) is 97.9. The second kappa shape index (κ2) is 28.6. The highest BCUT2D eigenvalue weighted by molar-refractivity contribution is 5.87. The average molecular weight is 947 g/mol. The Bertz CT molecular complexity index is 1820. The molecule has 0 aliphatic heterocycles. The van der Waals surface area contributed by atoms with Gasteiger partial charge in [0.1, 0.15) is 53.6 Å². The van der Waals surface area contributed by atoms with E-state index in [1.54, 1.807) is 96.2 Å². The summed E-state index contributed by atoms with van der Waals surface area (Å²) in [6.45, 7) is 16.9. The zero-order valence-electron chi connectivity index (χ0n) is 41.3. The number of esters is 3. The quantitative estimate of drug-likeness (QED) is 0.0335. The number of rotatable bonds is 31. The minimum Gasteiger partial charge on any atom is -0.480 e. The molecule has 0 radical (unpaired) electrons. The van der Waals surface area contributed by atoms with Gasteiger partial charge < -0.3 is 49.5 Å². The van der Waals surface area contributed by atoms with Crippen LogP contribution in [-0.4, -0.2) is 118 Å². The average Bonchev–Trinajstić information content (AvgIpc) is 3.81. The Balaban J connectivity index is 1.75. The van der Waals surface area contributed by atoms with Crippen molar-refractivity contribution in [3.05, 3.63) is 36.4 Å². The highest BCUT2D eigenvalue weighted by Gasteiger charge is 2.31. The summed E-state index contributed by atoms with van der Waals surface area (Å²) in [6, 6.07) is -3.04. The van der Waals surface area contributed by atoms with Gasteiger partial charge in [0, 0.05) is 44.2 Å². The molecule has 0 bridgehead atoms. The Morgan fingerprint density at radius 2 is 1.04 bits per heavy atom. The maximum absolute atomic E-state index is 13.2. The van der Waals surface area contributed by atoms with Gasteiger partial charge in [-0.15, -0.1) is 0 Å². The lowest BCUT2D eigenvalue weighted by molar-refractivity contribution is -0.159. The molecule has 2 aromatic heterocycles. The van der Waals surface area contributed by atoms with Crippen molar-refractivity contribution in [2.24, 2.45) is 0 Å². The van der Waals surface area contributed by atoms with E-state index in [1.165, 1.54) is 0 Å². The molecule has 0 aliphatic carbocycles. The van der Waals surface area contributed by atoms with E-state index in [2.05, 4.69) is 30.8 Å². The molecule has 0 aromatic carbocycles. The van der Waals surface area contributed by atoms with Crippen LogP contribution in [-0.2, 0) is 69.2 Å². The summed E-state index contributed by atoms with van der Waals surface area (Å²) in [5.74, 6) is -2.69. The molecule has 2 heterocycles. The van der Waals surface area contributed by atoms with Crippen LogP contribution in [0.1, 0.15) is 164 Å². The minimum atomic E-state index is -1.19. The van der Waals surface area contributed by atoms with E-state index < -0.39 is 64.8 Å². The molecule has 20 nitrogen and oxygen atoms in total. The predicted molar refractivity (Wildman–Crippen MR) is 248 cm³/mol. The van der Waals surface area contributed by atoms with Crippen molar-refractivity contribution in [1.82, 2.24) is 40.0 Å². The number of ether oxygens (including phenoxy) is 3. The third kappa shape index (κ3) is 27.0. The molecule has 378 valence electrons. The highest BCUT2D eigenvalue weighted by Crippen LogP contribution is 2.17. The molecule has 5 N–H and O–H groups in total. The number of hydrogen-bond acceptors (Lipinski definition) is 13. The molecule has 20 heteroatoms. The van der Waals surface area contributed by atoms with Crippen LogP contribution in [0.5, 0.6) is 0 Å². The Morgan fingerprint density at radius 3 is 1.51 bits per heavy atom. The topological polar surface area (TPSA) is 263 Å². The van der Waals surface area contributed by atoms with Gasteiger partial charge in [0.25, 0.3) is 0 Å². The summed E-state index contributed by atoms with van der Waals surface area (Å²) in [5.41, 5.74) is -2.40. The first kappa shape index (κ1) is 57.6. The van der Waals surface area contributed by atoms with Crippen LogP contribution in [0.25, 0.3) is 0 Å². The number of nitrogens with zero attached hydrogens (tertiary/aromatic N) is 5. The van der Waals surface area contributed by atoms with Crippen LogP contribution in [0, 0.1) is 0 Å². The molecular weight excluding hydrogens is 869 g/mol. The van der Waals surface area contributed by atoms with Gasteiger partial charge in [-0.1, -0.05) is 38.5 Å². The molecule has 0 fully saturated rings. The fourth-order valence-electron chi connectivity index (χ4n) is 6.90. The Labute approximate surface area is 395 Å². The third-order valence-corrected chi connectivity index (χ3v) is 9.87. The van der Waals surface area contributed by atoms with Gasteiger partial charge in [0.15, 0.2) is 0 Å². The maximum Gasteiger partial charge on any atom is 0.329 e. The van der Waals surface area contributed by atoms with E-state index in [9.17, 15) is 43.8 Å². The molecule has 0 saturated carbocycles. The first-order valence-electron chi connectivity index (χ1n) is 23.5. The first-order chi connectivity index (χ1) is 31.3. The van der Waals surface area contributed by atoms with Crippen LogP contribution >= 0.6 is 0 Å². The molecule has 67 heavy (non-hydrogen) atoms. The zero-order chi connectivity index (χ0) is 50.2. The van der Waals surface area contributed by atoms with Crippen molar-refractivity contribution >= 4 is 41.8 Å². The van der Waals surface area contributed by atoms with E-state index in [0.717, 1.165) is 51.4 Å². The van der Waals surface area contributed by atoms with Gasteiger partial charge in [0.2, 0.25) is 5.91 Å². The Morgan fingerprint density at radius 1 is 0.597 bits per heavy atom. The molecule has 2 rings (SSSR count). The number of nitrogens with one attached hydrogen (secondary N) is 3. The van der Waals surface area contributed by atoms with E-state index in [4.69, 9.17) is 14.2 Å². The van der Waals surface area contributed by atoms with E-state index >= 15 is 0 Å². The molecular formula is C47H78N8O12. The molecule has 0 saturated heterocycles. The van der Waals surface area contributed by atoms with Gasteiger partial charge in [-0.3, -0.25) is 24.1 Å². The number of carboxylic acids is 2. The van der Waals surface area contributed by atoms with E-state index in [1.807, 2.05) is 0 Å². The number of imidazole rings is 2. The van der Waals surface area contributed by atoms with Crippen molar-refractivity contribution in [2.75, 3.05) is 13.1 Å². The summed E-state index contributed by atoms with van der Waals surface area (Å²) in [5, 5.41) is 26.7. The predicted octanol–water partition coefficient (Wildman–Crippen LogP) is 5.89. The molecule has 0 spiro atoms. The number of amides is 3. The minimum absolute atomic E-state index is 0.0545. The van der Waals surface area contributed by atoms with E-state index in [0.29, 0.717) is 57.1 Å². The molecule has 0 aliphatic rings. The summed E-state index contributed by atoms with van der Waals surface area (Å²) < 4.78 is 19.6. The molecule has 2 aromatic rings. The summed E-state index contributed by atoms with van der Waals surface area (Å²) in [6.07, 6.45) is 15.5. The molecule has 3 amide bonds. The van der Waals surface area contributed by atoms with Crippen LogP contribution in [0.15, 0.2) is 24.8 Å². The fourth-order valence-corrected chi connectivity index (χ4v) is 6.90. The number of carbonyl (C=O) groups is 7. The number of aliphatic carboxylic acids is 2. The monoisotopic (exact) mass is 947 g/mol. The Kier molecular flexibility index (Phi) is 24.6. The molecule has 2 atom stereocenters. The van der Waals surface area contributed by atoms with Crippen molar-refractivity contribution in [1.29, 1.82) is 0 Å². The molecule has 0 unspecified atom stereocenters. The van der Waals surface area contributed by atoms with Gasteiger partial charge in [-0.05, 0) is 107 Å². The van der Waals surface area contributed by atoms with Crippen LogP contribution < -0.4 is 16.0 Å². The lowest BCUT2D eigenvalue weighted by atomic mass is 10.1. The van der Waals surface area contributed by atoms with Crippen molar-refractivity contribution in [3.8, 4) is 0 Å². The van der Waals surface area contributed by atoms with Gasteiger partial charge in [-0.2, -0.15) is 0 Å². The van der Waals surface area contributed by atoms with Crippen molar-refractivity contribution < 1.29 is 58.0 Å². The number of urea groups is 1. The Hall–Kier alpha value is -5.53. The lowest BCUT2D eigenvalue weighted by Gasteiger charge is -2.27. The standard InChI is InChI=1S/C47H78N8O12/c1-45(2,3)65-41(61)23-22-35(43(63)67-47(7,8)9)52-44(64)51-34(42(62)66-46(4,5)6)20-17-18-24-50-38(56)21-16-14-12-10-11-13-15-19-27-53(30-36-48-25-28-54(36)32-39(57)58)31-37-49-26-29-55(37)33-40(59)60/h25-26,28-29,34-35H,10-24,27,30-33H2,1-9H3,(H,50,56)(H,57,58)(H,59,60)(H2,51,52,64)/t34-,35-/m0/s1. The highest BCUT2D eigenvalue weighted by atomic mass is 16.6. The third-order valence-electron chi connectivity index (χ3n) is 9.87. The van der Waals surface area contributed by atoms with Gasteiger partial charge in [-0.25, -0.2) is 24.4 Å². The largest absolute Gasteiger partial charge is 0.480 e. The zero-order valence-corrected chi connectivity index (χ0v) is 41.3. The number of aromatic nitrogens is 4. The SMILES string of the molecule is CC(C)(C)OC(=O)CC[C@H](NC(=O)N[C@@H](CCCCNC(=O)CCCCCCCCCCN(Cc1nccn1CC(=O)O)Cc1nccn1CC(=O)O)C(=O)OC(C)(C)C)C(=O)OC(C)(C)C. The van der Waals surface area contributed by atoms with Gasteiger partial charge in [0.05, 0.1) is 13.1 Å². The second-order valence-corrected chi connectivity index (χ2v) is 19.8. The number of carbonyl (C=O) groups excluding carboxylic acids is 5. The second-order valence-electron chi connectivity index (χ2n) is 19.8. The van der Waals surface area contributed by atoms with Crippen LogP contribution in [0.2, 0.25) is 0 Å². The fraction of sp³-hybridized carbons (Fsp3) is 0.723.